The fraction of sp³-hybridized carbons (Fsp3) is 0.360. The number of rotatable bonds is 4. The lowest BCUT2D eigenvalue weighted by molar-refractivity contribution is 0.542. The molecule has 0 N–H and O–H groups in total. The molecule has 2 saturated heterocycles. The van der Waals surface area contributed by atoms with Crippen molar-refractivity contribution in [1.82, 2.24) is 15.0 Å². The predicted molar refractivity (Wildman–Crippen MR) is 132 cm³/mol. The van der Waals surface area contributed by atoms with Gasteiger partial charge in [0, 0.05) is 56.6 Å². The van der Waals surface area contributed by atoms with Gasteiger partial charge in [-0.15, -0.1) is 0 Å². The summed E-state index contributed by atoms with van der Waals surface area (Å²) < 4.78 is 0. The van der Waals surface area contributed by atoms with Crippen LogP contribution in [0.3, 0.4) is 0 Å². The van der Waals surface area contributed by atoms with E-state index < -0.39 is 0 Å². The second kappa shape index (κ2) is 9.24. The van der Waals surface area contributed by atoms with Gasteiger partial charge in [0.25, 0.3) is 0 Å². The van der Waals surface area contributed by atoms with Gasteiger partial charge in [0.15, 0.2) is 0 Å². The van der Waals surface area contributed by atoms with Crippen molar-refractivity contribution >= 4 is 29.2 Å². The van der Waals surface area contributed by atoms with Crippen molar-refractivity contribution in [2.24, 2.45) is 0 Å². The summed E-state index contributed by atoms with van der Waals surface area (Å²) in [6.07, 6.45) is 4.10. The lowest BCUT2D eigenvalue weighted by Crippen LogP contribution is -2.52. The first-order chi connectivity index (χ1) is 16.1. The fourth-order valence-corrected chi connectivity index (χ4v) is 4.87. The van der Waals surface area contributed by atoms with E-state index in [4.69, 9.17) is 21.6 Å². The Morgan fingerprint density at radius 2 is 1.85 bits per heavy atom. The normalized spacial score (nSPS) is 18.5. The first kappa shape index (κ1) is 21.5. The zero-order valence-corrected chi connectivity index (χ0v) is 19.4. The van der Waals surface area contributed by atoms with Crippen LogP contribution in [0.5, 0.6) is 0 Å². The van der Waals surface area contributed by atoms with Crippen LogP contribution in [0, 0.1) is 11.3 Å². The monoisotopic (exact) mass is 459 g/mol. The molecule has 2 fully saturated rings. The molecule has 0 saturated carbocycles. The molecule has 0 aliphatic carbocycles. The molecule has 3 aromatic rings. The van der Waals surface area contributed by atoms with Crippen molar-refractivity contribution in [3.63, 3.8) is 0 Å². The van der Waals surface area contributed by atoms with Crippen LogP contribution in [-0.4, -0.2) is 53.7 Å². The zero-order valence-electron chi connectivity index (χ0n) is 18.7. The standard InChI is InChI=1S/C25H26ClN7/c1-18-17-32(24-21(26)8-5-9-28-24)12-13-33(18)23-15-22(20-7-4-6-19(14-20)16-27)29-25(30-23)31-10-2-3-11-31/h4-9,14-15,18H,2-3,10-13,17H2,1H3. The van der Waals surface area contributed by atoms with Crippen LogP contribution in [0.15, 0.2) is 48.7 Å². The van der Waals surface area contributed by atoms with Gasteiger partial charge in [-0.25, -0.2) is 9.97 Å². The molecule has 1 atom stereocenters. The van der Waals surface area contributed by atoms with E-state index in [9.17, 15) is 5.26 Å². The molecule has 8 heteroatoms. The minimum absolute atomic E-state index is 0.219. The van der Waals surface area contributed by atoms with Crippen LogP contribution in [0.2, 0.25) is 5.02 Å². The van der Waals surface area contributed by atoms with Gasteiger partial charge in [-0.1, -0.05) is 23.7 Å². The van der Waals surface area contributed by atoms with Crippen LogP contribution in [0.1, 0.15) is 25.3 Å². The molecule has 7 nitrogen and oxygen atoms in total. The Morgan fingerprint density at radius 1 is 1.00 bits per heavy atom. The van der Waals surface area contributed by atoms with E-state index in [1.807, 2.05) is 36.4 Å². The molecular formula is C25H26ClN7. The van der Waals surface area contributed by atoms with Crippen LogP contribution in [0.25, 0.3) is 11.3 Å². The second-order valence-corrected chi connectivity index (χ2v) is 9.00. The maximum Gasteiger partial charge on any atom is 0.227 e. The van der Waals surface area contributed by atoms with E-state index in [-0.39, 0.29) is 6.04 Å². The molecule has 0 bridgehead atoms. The van der Waals surface area contributed by atoms with Gasteiger partial charge in [0.1, 0.15) is 11.6 Å². The van der Waals surface area contributed by atoms with Gasteiger partial charge in [-0.05, 0) is 44.0 Å². The number of hydrogen-bond acceptors (Lipinski definition) is 7. The summed E-state index contributed by atoms with van der Waals surface area (Å²) in [6, 6.07) is 15.9. The molecule has 0 spiro atoms. The highest BCUT2D eigenvalue weighted by molar-refractivity contribution is 6.32. The fourth-order valence-electron chi connectivity index (χ4n) is 4.62. The quantitative estimate of drug-likeness (QED) is 0.573. The maximum atomic E-state index is 9.35. The number of anilines is 3. The van der Waals surface area contributed by atoms with Crippen LogP contribution >= 0.6 is 11.6 Å². The predicted octanol–water partition coefficient (Wildman–Crippen LogP) is 4.38. The number of piperazine rings is 1. The highest BCUT2D eigenvalue weighted by Crippen LogP contribution is 2.31. The third-order valence-electron chi connectivity index (χ3n) is 6.34. The Hall–Kier alpha value is -3.37. The average Bonchev–Trinajstić information content (AvgIpc) is 3.39. The maximum absolute atomic E-state index is 9.35. The number of benzene rings is 1. The van der Waals surface area contributed by atoms with E-state index in [1.54, 1.807) is 6.20 Å². The summed E-state index contributed by atoms with van der Waals surface area (Å²) >= 11 is 6.40. The molecule has 0 radical (unpaired) electrons. The lowest BCUT2D eigenvalue weighted by Gasteiger charge is -2.41. The smallest absolute Gasteiger partial charge is 0.227 e. The number of hydrogen-bond donors (Lipinski definition) is 0. The number of aromatic nitrogens is 3. The molecule has 2 aliphatic heterocycles. The molecule has 33 heavy (non-hydrogen) atoms. The topological polar surface area (TPSA) is 72.2 Å². The molecule has 1 aromatic carbocycles. The molecule has 1 unspecified atom stereocenters. The van der Waals surface area contributed by atoms with Crippen LogP contribution in [-0.2, 0) is 0 Å². The molecule has 168 valence electrons. The van der Waals surface area contributed by atoms with E-state index in [0.717, 1.165) is 74.4 Å². The van der Waals surface area contributed by atoms with Crippen molar-refractivity contribution in [2.75, 3.05) is 47.4 Å². The van der Waals surface area contributed by atoms with E-state index in [0.29, 0.717) is 10.6 Å². The van der Waals surface area contributed by atoms with Crippen molar-refractivity contribution in [1.29, 1.82) is 5.26 Å². The van der Waals surface area contributed by atoms with Gasteiger partial charge >= 0.3 is 0 Å². The SMILES string of the molecule is CC1CN(c2ncccc2Cl)CCN1c1cc(-c2cccc(C#N)c2)nc(N2CCCC2)n1. The average molecular weight is 460 g/mol. The highest BCUT2D eigenvalue weighted by Gasteiger charge is 2.28. The van der Waals surface area contributed by atoms with Gasteiger partial charge in [0.05, 0.1) is 22.3 Å². The Kier molecular flexibility index (Phi) is 6.01. The first-order valence-electron chi connectivity index (χ1n) is 11.4. The van der Waals surface area contributed by atoms with Crippen molar-refractivity contribution < 1.29 is 0 Å². The molecule has 2 aliphatic rings. The van der Waals surface area contributed by atoms with Crippen molar-refractivity contribution in [3.8, 4) is 17.3 Å². The van der Waals surface area contributed by atoms with Gasteiger partial charge in [-0.3, -0.25) is 0 Å². The molecule has 0 amide bonds. The molecule has 2 aromatic heterocycles. The Morgan fingerprint density at radius 3 is 2.61 bits per heavy atom. The molecule has 4 heterocycles. The minimum Gasteiger partial charge on any atom is -0.352 e. The summed E-state index contributed by atoms with van der Waals surface area (Å²) in [5.41, 5.74) is 2.41. The van der Waals surface area contributed by atoms with Gasteiger partial charge in [0.2, 0.25) is 5.95 Å². The summed E-state index contributed by atoms with van der Waals surface area (Å²) in [6.45, 7) is 6.58. The number of nitriles is 1. The lowest BCUT2D eigenvalue weighted by atomic mass is 10.1. The second-order valence-electron chi connectivity index (χ2n) is 8.60. The minimum atomic E-state index is 0.219. The van der Waals surface area contributed by atoms with Gasteiger partial charge < -0.3 is 14.7 Å². The summed E-state index contributed by atoms with van der Waals surface area (Å²) in [5.74, 6) is 2.52. The summed E-state index contributed by atoms with van der Waals surface area (Å²) in [4.78, 5) is 21.2. The van der Waals surface area contributed by atoms with E-state index in [2.05, 4.69) is 38.7 Å². The number of nitrogens with zero attached hydrogens (tertiary/aromatic N) is 7. The summed E-state index contributed by atoms with van der Waals surface area (Å²) in [5, 5.41) is 10.0. The molecule has 5 rings (SSSR count). The van der Waals surface area contributed by atoms with Crippen molar-refractivity contribution in [3.05, 3.63) is 59.2 Å². The third kappa shape index (κ3) is 4.44. The highest BCUT2D eigenvalue weighted by atomic mass is 35.5. The largest absolute Gasteiger partial charge is 0.352 e. The third-order valence-corrected chi connectivity index (χ3v) is 6.63. The Labute approximate surface area is 199 Å². The Balaban J connectivity index is 1.47. The molecular weight excluding hydrogens is 434 g/mol. The summed E-state index contributed by atoms with van der Waals surface area (Å²) in [7, 11) is 0. The van der Waals surface area contributed by atoms with Crippen molar-refractivity contribution in [2.45, 2.75) is 25.8 Å². The van der Waals surface area contributed by atoms with Gasteiger partial charge in [-0.2, -0.15) is 10.2 Å². The number of halogens is 1. The number of pyridine rings is 1. The van der Waals surface area contributed by atoms with Crippen LogP contribution < -0.4 is 14.7 Å². The first-order valence-corrected chi connectivity index (χ1v) is 11.8. The van der Waals surface area contributed by atoms with E-state index in [1.165, 1.54) is 0 Å². The zero-order chi connectivity index (χ0) is 22.8. The van der Waals surface area contributed by atoms with E-state index >= 15 is 0 Å². The van der Waals surface area contributed by atoms with Crippen LogP contribution in [0.4, 0.5) is 17.6 Å². The Bertz CT molecular complexity index is 1190.